The molecule has 0 aromatic carbocycles. The molecule has 1 fully saturated rings. The van der Waals surface area contributed by atoms with E-state index in [4.69, 9.17) is 5.73 Å². The van der Waals surface area contributed by atoms with Gasteiger partial charge < -0.3 is 5.73 Å². The number of thioether (sulfide) groups is 1. The van der Waals surface area contributed by atoms with E-state index in [1.54, 1.807) is 0 Å². The molecule has 0 aromatic heterocycles. The lowest BCUT2D eigenvalue weighted by Crippen LogP contribution is -2.57. The number of hydrogen-bond donors (Lipinski definition) is 1. The van der Waals surface area contributed by atoms with Crippen LogP contribution in [0.1, 0.15) is 39.5 Å². The van der Waals surface area contributed by atoms with Crippen LogP contribution in [0.2, 0.25) is 0 Å². The Kier molecular flexibility index (Phi) is 5.44. The van der Waals surface area contributed by atoms with Crippen molar-refractivity contribution in [2.45, 2.75) is 51.1 Å². The molecule has 0 radical (unpaired) electrons. The molecule has 1 heterocycles. The molecule has 15 heavy (non-hydrogen) atoms. The van der Waals surface area contributed by atoms with Crippen molar-refractivity contribution in [3.63, 3.8) is 0 Å². The molecule has 1 saturated heterocycles. The summed E-state index contributed by atoms with van der Waals surface area (Å²) in [5.41, 5.74) is 6.33. The third-order valence-electron chi connectivity index (χ3n) is 4.04. The van der Waals surface area contributed by atoms with Crippen molar-refractivity contribution in [1.29, 1.82) is 0 Å². The van der Waals surface area contributed by atoms with Crippen molar-refractivity contribution in [3.05, 3.63) is 0 Å². The highest BCUT2D eigenvalue weighted by atomic mass is 32.2. The topological polar surface area (TPSA) is 29.3 Å². The number of nitrogens with two attached hydrogens (primary N) is 1. The smallest absolute Gasteiger partial charge is 0.0347 e. The van der Waals surface area contributed by atoms with Crippen LogP contribution >= 0.6 is 11.8 Å². The van der Waals surface area contributed by atoms with E-state index < -0.39 is 0 Å². The van der Waals surface area contributed by atoms with Crippen LogP contribution in [0.15, 0.2) is 0 Å². The average molecular weight is 230 g/mol. The highest BCUT2D eigenvalue weighted by molar-refractivity contribution is 7.99. The molecule has 2 nitrogen and oxygen atoms in total. The van der Waals surface area contributed by atoms with E-state index in [2.05, 4.69) is 37.6 Å². The van der Waals surface area contributed by atoms with E-state index in [1.807, 2.05) is 0 Å². The third kappa shape index (κ3) is 2.89. The minimum atomic E-state index is 0.294. The van der Waals surface area contributed by atoms with Crippen LogP contribution in [-0.2, 0) is 0 Å². The molecule has 0 aliphatic carbocycles. The minimum absolute atomic E-state index is 0.294. The summed E-state index contributed by atoms with van der Waals surface area (Å²) in [7, 11) is 2.28. The molecule has 1 aliphatic heterocycles. The zero-order valence-corrected chi connectivity index (χ0v) is 11.3. The molecule has 0 unspecified atom stereocenters. The van der Waals surface area contributed by atoms with E-state index in [0.717, 1.165) is 6.54 Å². The van der Waals surface area contributed by atoms with Crippen molar-refractivity contribution < 1.29 is 0 Å². The summed E-state index contributed by atoms with van der Waals surface area (Å²) in [5, 5.41) is 0. The van der Waals surface area contributed by atoms with E-state index in [0.29, 0.717) is 11.6 Å². The highest BCUT2D eigenvalue weighted by Gasteiger charge is 2.37. The molecule has 1 rings (SSSR count). The first-order valence-corrected chi connectivity index (χ1v) is 7.36. The zero-order valence-electron chi connectivity index (χ0n) is 10.5. The number of nitrogens with zero attached hydrogens (tertiary/aromatic N) is 1. The van der Waals surface area contributed by atoms with E-state index >= 15 is 0 Å². The van der Waals surface area contributed by atoms with Crippen LogP contribution in [0.5, 0.6) is 0 Å². The largest absolute Gasteiger partial charge is 0.329 e. The normalized spacial score (nSPS) is 21.2. The molecule has 3 heteroatoms. The molecule has 0 atom stereocenters. The molecule has 2 N–H and O–H groups in total. The summed E-state index contributed by atoms with van der Waals surface area (Å²) in [6.45, 7) is 5.39. The lowest BCUT2D eigenvalue weighted by molar-refractivity contribution is 0.0643. The Bertz CT molecular complexity index is 174. The summed E-state index contributed by atoms with van der Waals surface area (Å²) in [6, 6.07) is 0.705. The van der Waals surface area contributed by atoms with Gasteiger partial charge in [0.2, 0.25) is 0 Å². The predicted octanol–water partition coefficient (Wildman–Crippen LogP) is 2.33. The van der Waals surface area contributed by atoms with Gasteiger partial charge in [0.1, 0.15) is 0 Å². The standard InChI is InChI=1S/C12H26N2S/c1-4-11(5-2)14(3)12(10-13)6-8-15-9-7-12/h11H,4-10,13H2,1-3H3. The van der Waals surface area contributed by atoms with Gasteiger partial charge in [-0.15, -0.1) is 0 Å². The Balaban J connectivity index is 2.70. The van der Waals surface area contributed by atoms with Gasteiger partial charge in [0.25, 0.3) is 0 Å². The van der Waals surface area contributed by atoms with Gasteiger partial charge in [-0.2, -0.15) is 11.8 Å². The first-order chi connectivity index (χ1) is 7.20. The molecule has 0 spiro atoms. The molecular formula is C12H26N2S. The maximum atomic E-state index is 6.04. The zero-order chi connectivity index (χ0) is 11.3. The van der Waals surface area contributed by atoms with Crippen molar-refractivity contribution >= 4 is 11.8 Å². The predicted molar refractivity (Wildman–Crippen MR) is 70.5 cm³/mol. The van der Waals surface area contributed by atoms with Gasteiger partial charge in [-0.1, -0.05) is 13.8 Å². The summed E-state index contributed by atoms with van der Waals surface area (Å²) in [5.74, 6) is 2.56. The summed E-state index contributed by atoms with van der Waals surface area (Å²) in [4.78, 5) is 2.58. The van der Waals surface area contributed by atoms with Crippen LogP contribution in [0.4, 0.5) is 0 Å². The molecule has 0 bridgehead atoms. The first-order valence-electron chi connectivity index (χ1n) is 6.21. The first kappa shape index (κ1) is 13.3. The van der Waals surface area contributed by atoms with Gasteiger partial charge in [0, 0.05) is 18.1 Å². The van der Waals surface area contributed by atoms with Crippen molar-refractivity contribution in [2.75, 3.05) is 25.1 Å². The lowest BCUT2D eigenvalue weighted by Gasteiger charge is -2.47. The molecule has 0 amide bonds. The lowest BCUT2D eigenvalue weighted by atomic mass is 9.88. The summed E-state index contributed by atoms with van der Waals surface area (Å²) in [6.07, 6.45) is 5.01. The van der Waals surface area contributed by atoms with Crippen LogP contribution in [0.3, 0.4) is 0 Å². The fourth-order valence-corrected chi connectivity index (χ4v) is 3.93. The highest BCUT2D eigenvalue weighted by Crippen LogP contribution is 2.33. The Morgan fingerprint density at radius 1 is 1.27 bits per heavy atom. The number of hydrogen-bond acceptors (Lipinski definition) is 3. The molecule has 1 aliphatic rings. The number of likely N-dealkylation sites (N-methyl/N-ethyl adjacent to an activating group) is 1. The van der Waals surface area contributed by atoms with Gasteiger partial charge in [0.05, 0.1) is 0 Å². The van der Waals surface area contributed by atoms with Crippen LogP contribution in [0, 0.1) is 0 Å². The van der Waals surface area contributed by atoms with Crippen molar-refractivity contribution in [3.8, 4) is 0 Å². The van der Waals surface area contributed by atoms with E-state index in [1.165, 1.54) is 37.2 Å². The molecular weight excluding hydrogens is 204 g/mol. The maximum Gasteiger partial charge on any atom is 0.0347 e. The summed E-state index contributed by atoms with van der Waals surface area (Å²) < 4.78 is 0. The Labute approximate surface area is 99.0 Å². The monoisotopic (exact) mass is 230 g/mol. The maximum absolute atomic E-state index is 6.04. The second-order valence-electron chi connectivity index (χ2n) is 4.62. The van der Waals surface area contributed by atoms with Gasteiger partial charge in [-0.3, -0.25) is 4.90 Å². The molecule has 90 valence electrons. The number of rotatable bonds is 5. The van der Waals surface area contributed by atoms with Gasteiger partial charge in [0.15, 0.2) is 0 Å². The average Bonchev–Trinajstić information content (AvgIpc) is 2.31. The second kappa shape index (κ2) is 6.12. The van der Waals surface area contributed by atoms with Gasteiger partial charge in [-0.25, -0.2) is 0 Å². The van der Waals surface area contributed by atoms with Crippen molar-refractivity contribution in [2.24, 2.45) is 5.73 Å². The van der Waals surface area contributed by atoms with Crippen LogP contribution < -0.4 is 5.73 Å². The fourth-order valence-electron chi connectivity index (χ4n) is 2.68. The van der Waals surface area contributed by atoms with E-state index in [-0.39, 0.29) is 0 Å². The van der Waals surface area contributed by atoms with Gasteiger partial charge in [-0.05, 0) is 44.2 Å². The summed E-state index contributed by atoms with van der Waals surface area (Å²) >= 11 is 2.07. The third-order valence-corrected chi connectivity index (χ3v) is 5.03. The molecule has 0 aromatic rings. The Hall–Kier alpha value is 0.270. The second-order valence-corrected chi connectivity index (χ2v) is 5.85. The van der Waals surface area contributed by atoms with Crippen molar-refractivity contribution in [1.82, 2.24) is 4.90 Å². The van der Waals surface area contributed by atoms with Gasteiger partial charge >= 0.3 is 0 Å². The molecule has 0 saturated carbocycles. The van der Waals surface area contributed by atoms with Crippen LogP contribution in [0.25, 0.3) is 0 Å². The van der Waals surface area contributed by atoms with E-state index in [9.17, 15) is 0 Å². The fraction of sp³-hybridized carbons (Fsp3) is 1.00. The Morgan fingerprint density at radius 3 is 2.20 bits per heavy atom. The Morgan fingerprint density at radius 2 is 1.80 bits per heavy atom. The van der Waals surface area contributed by atoms with Crippen LogP contribution in [-0.4, -0.2) is 41.6 Å². The SMILES string of the molecule is CCC(CC)N(C)C1(CN)CCSCC1. The minimum Gasteiger partial charge on any atom is -0.329 e. The quantitative estimate of drug-likeness (QED) is 0.786.